The number of hydrogen-bond acceptors (Lipinski definition) is 5. The van der Waals surface area contributed by atoms with E-state index in [1.165, 1.54) is 6.33 Å². The van der Waals surface area contributed by atoms with Crippen LogP contribution in [0.25, 0.3) is 0 Å². The molecule has 2 aromatic rings. The average Bonchev–Trinajstić information content (AvgIpc) is 2.56. The van der Waals surface area contributed by atoms with Crippen LogP contribution >= 0.6 is 11.6 Å². The largest absolute Gasteiger partial charge is 0.369 e. The van der Waals surface area contributed by atoms with Crippen molar-refractivity contribution in [2.45, 2.75) is 6.42 Å². The van der Waals surface area contributed by atoms with Crippen LogP contribution in [0.4, 0.5) is 5.82 Å². The minimum Gasteiger partial charge on any atom is -0.369 e. The molecule has 6 nitrogen and oxygen atoms in total. The molecule has 128 valence electrons. The second-order valence-corrected chi connectivity index (χ2v) is 6.09. The number of nitrogens with one attached hydrogen (secondary N) is 2. The molecule has 0 aliphatic heterocycles. The highest BCUT2D eigenvalue weighted by molar-refractivity contribution is 6.30. The van der Waals surface area contributed by atoms with Gasteiger partial charge in [-0.25, -0.2) is 9.97 Å². The van der Waals surface area contributed by atoms with E-state index in [9.17, 15) is 4.79 Å². The lowest BCUT2D eigenvalue weighted by atomic mass is 10.1. The summed E-state index contributed by atoms with van der Waals surface area (Å²) < 4.78 is 0. The highest BCUT2D eigenvalue weighted by Gasteiger charge is 2.08. The van der Waals surface area contributed by atoms with E-state index in [0.29, 0.717) is 23.1 Å². The third-order valence-corrected chi connectivity index (χ3v) is 3.63. The van der Waals surface area contributed by atoms with Crippen molar-refractivity contribution in [1.82, 2.24) is 20.2 Å². The Balaban J connectivity index is 1.82. The molecule has 7 heteroatoms. The van der Waals surface area contributed by atoms with Crippen molar-refractivity contribution >= 4 is 23.3 Å². The Labute approximate surface area is 147 Å². The number of benzene rings is 1. The first-order chi connectivity index (χ1) is 11.5. The van der Waals surface area contributed by atoms with Crippen LogP contribution in [0.2, 0.25) is 5.02 Å². The van der Waals surface area contributed by atoms with Crippen molar-refractivity contribution in [2.75, 3.05) is 39.0 Å². The Bertz CT molecular complexity index is 660. The number of halogens is 1. The number of carbonyl (C=O) groups excluding carboxylic acids is 1. The van der Waals surface area contributed by atoms with Gasteiger partial charge in [-0.2, -0.15) is 0 Å². The number of hydrogen-bond donors (Lipinski definition) is 2. The molecule has 0 unspecified atom stereocenters. The molecule has 1 aromatic carbocycles. The lowest BCUT2D eigenvalue weighted by Gasteiger charge is -2.11. The van der Waals surface area contributed by atoms with E-state index in [1.807, 2.05) is 38.4 Å². The summed E-state index contributed by atoms with van der Waals surface area (Å²) in [6.45, 7) is 2.17. The highest BCUT2D eigenvalue weighted by Crippen LogP contribution is 2.09. The predicted molar refractivity (Wildman–Crippen MR) is 96.6 cm³/mol. The summed E-state index contributed by atoms with van der Waals surface area (Å²) in [6.07, 6.45) is 2.13. The minimum absolute atomic E-state index is 0.206. The standard InChI is InChI=1S/C17H22ClN5O/c1-23(2)10-9-19-16-11-15(21-12-22-16)17(24)20-8-7-13-3-5-14(18)6-4-13/h3-6,11-12H,7-10H2,1-2H3,(H,20,24)(H,19,21,22). The summed E-state index contributed by atoms with van der Waals surface area (Å²) in [5, 5.41) is 6.75. The Morgan fingerprint density at radius 2 is 1.92 bits per heavy atom. The van der Waals surface area contributed by atoms with E-state index in [0.717, 1.165) is 25.1 Å². The zero-order valence-corrected chi connectivity index (χ0v) is 14.7. The summed E-state index contributed by atoms with van der Waals surface area (Å²) in [5.41, 5.74) is 1.47. The van der Waals surface area contributed by atoms with E-state index in [4.69, 9.17) is 11.6 Å². The smallest absolute Gasteiger partial charge is 0.270 e. The summed E-state index contributed by atoms with van der Waals surface area (Å²) in [4.78, 5) is 22.4. The number of anilines is 1. The molecular formula is C17H22ClN5O. The van der Waals surface area contributed by atoms with Crippen LogP contribution in [-0.4, -0.2) is 54.5 Å². The summed E-state index contributed by atoms with van der Waals surface area (Å²) in [7, 11) is 4.00. The zero-order valence-electron chi connectivity index (χ0n) is 13.9. The first kappa shape index (κ1) is 18.2. The van der Waals surface area contributed by atoms with Crippen LogP contribution in [0.1, 0.15) is 16.1 Å². The number of aromatic nitrogens is 2. The SMILES string of the molecule is CN(C)CCNc1cc(C(=O)NCCc2ccc(Cl)cc2)ncn1. The minimum atomic E-state index is -0.206. The van der Waals surface area contributed by atoms with E-state index in [1.54, 1.807) is 6.07 Å². The fourth-order valence-electron chi connectivity index (χ4n) is 2.05. The van der Waals surface area contributed by atoms with Crippen LogP contribution in [-0.2, 0) is 6.42 Å². The molecule has 1 aromatic heterocycles. The quantitative estimate of drug-likeness (QED) is 0.765. The summed E-state index contributed by atoms with van der Waals surface area (Å²) in [5.74, 6) is 0.441. The maximum absolute atomic E-state index is 12.2. The fraction of sp³-hybridized carbons (Fsp3) is 0.353. The molecule has 0 aliphatic rings. The number of nitrogens with zero attached hydrogens (tertiary/aromatic N) is 3. The Morgan fingerprint density at radius 1 is 1.17 bits per heavy atom. The van der Waals surface area contributed by atoms with Gasteiger partial charge >= 0.3 is 0 Å². The molecule has 0 fully saturated rings. The Morgan fingerprint density at radius 3 is 2.62 bits per heavy atom. The van der Waals surface area contributed by atoms with E-state index >= 15 is 0 Å². The molecule has 24 heavy (non-hydrogen) atoms. The second kappa shape index (κ2) is 9.20. The van der Waals surface area contributed by atoms with Crippen molar-refractivity contribution in [3.8, 4) is 0 Å². The van der Waals surface area contributed by atoms with Gasteiger partial charge < -0.3 is 15.5 Å². The number of likely N-dealkylation sites (N-methyl/N-ethyl adjacent to an activating group) is 1. The number of carbonyl (C=O) groups is 1. The highest BCUT2D eigenvalue weighted by atomic mass is 35.5. The van der Waals surface area contributed by atoms with E-state index < -0.39 is 0 Å². The molecule has 0 aliphatic carbocycles. The second-order valence-electron chi connectivity index (χ2n) is 5.65. The van der Waals surface area contributed by atoms with Gasteiger partial charge in [0.25, 0.3) is 5.91 Å². The van der Waals surface area contributed by atoms with Gasteiger partial charge in [-0.15, -0.1) is 0 Å². The van der Waals surface area contributed by atoms with E-state index in [2.05, 4.69) is 25.5 Å². The van der Waals surface area contributed by atoms with E-state index in [-0.39, 0.29) is 5.91 Å². The molecule has 2 N–H and O–H groups in total. The van der Waals surface area contributed by atoms with Crippen molar-refractivity contribution in [1.29, 1.82) is 0 Å². The normalized spacial score (nSPS) is 10.7. The maximum atomic E-state index is 12.2. The number of amides is 1. The van der Waals surface area contributed by atoms with Crippen molar-refractivity contribution in [2.24, 2.45) is 0 Å². The van der Waals surface area contributed by atoms with Gasteiger partial charge in [-0.05, 0) is 38.2 Å². The van der Waals surface area contributed by atoms with Gasteiger partial charge in [0.1, 0.15) is 17.8 Å². The van der Waals surface area contributed by atoms with Crippen LogP contribution in [0.3, 0.4) is 0 Å². The van der Waals surface area contributed by atoms with Crippen LogP contribution in [0.15, 0.2) is 36.7 Å². The third kappa shape index (κ3) is 6.14. The number of rotatable bonds is 8. The predicted octanol–water partition coefficient (Wildman–Crippen LogP) is 2.08. The topological polar surface area (TPSA) is 70.2 Å². The van der Waals surface area contributed by atoms with Crippen molar-refractivity contribution < 1.29 is 4.79 Å². The first-order valence-corrected chi connectivity index (χ1v) is 8.15. The van der Waals surface area contributed by atoms with Gasteiger partial charge in [0.05, 0.1) is 0 Å². The zero-order chi connectivity index (χ0) is 17.4. The van der Waals surface area contributed by atoms with Crippen LogP contribution < -0.4 is 10.6 Å². The average molecular weight is 348 g/mol. The summed E-state index contributed by atoms with van der Waals surface area (Å²) in [6, 6.07) is 9.24. The molecule has 0 spiro atoms. The van der Waals surface area contributed by atoms with Crippen molar-refractivity contribution in [3.05, 3.63) is 52.9 Å². The third-order valence-electron chi connectivity index (χ3n) is 3.38. The van der Waals surface area contributed by atoms with Gasteiger partial charge in [0, 0.05) is 30.7 Å². The lowest BCUT2D eigenvalue weighted by molar-refractivity contribution is 0.0949. The van der Waals surface area contributed by atoms with Crippen LogP contribution in [0.5, 0.6) is 0 Å². The molecule has 0 bridgehead atoms. The molecule has 1 amide bonds. The molecule has 0 atom stereocenters. The molecule has 2 rings (SSSR count). The van der Waals surface area contributed by atoms with Gasteiger partial charge in [-0.3, -0.25) is 4.79 Å². The van der Waals surface area contributed by atoms with Crippen LogP contribution in [0, 0.1) is 0 Å². The van der Waals surface area contributed by atoms with Gasteiger partial charge in [-0.1, -0.05) is 23.7 Å². The summed E-state index contributed by atoms with van der Waals surface area (Å²) >= 11 is 5.85. The Kier molecular flexibility index (Phi) is 6.96. The lowest BCUT2D eigenvalue weighted by Crippen LogP contribution is -2.27. The molecular weight excluding hydrogens is 326 g/mol. The molecule has 1 heterocycles. The fourth-order valence-corrected chi connectivity index (χ4v) is 2.17. The monoisotopic (exact) mass is 347 g/mol. The van der Waals surface area contributed by atoms with Gasteiger partial charge in [0.15, 0.2) is 0 Å². The Hall–Kier alpha value is -2.18. The molecule has 0 saturated carbocycles. The maximum Gasteiger partial charge on any atom is 0.270 e. The first-order valence-electron chi connectivity index (χ1n) is 7.78. The molecule has 0 saturated heterocycles. The van der Waals surface area contributed by atoms with Crippen molar-refractivity contribution in [3.63, 3.8) is 0 Å². The molecule has 0 radical (unpaired) electrons. The van der Waals surface area contributed by atoms with Gasteiger partial charge in [0.2, 0.25) is 0 Å².